The van der Waals surface area contributed by atoms with Crippen LogP contribution in [0.25, 0.3) is 0 Å². The fourth-order valence-electron chi connectivity index (χ4n) is 7.39. The fourth-order valence-corrected chi connectivity index (χ4v) is 7.39. The van der Waals surface area contributed by atoms with Gasteiger partial charge in [-0.15, -0.1) is 0 Å². The summed E-state index contributed by atoms with van der Waals surface area (Å²) in [6.07, 6.45) is 57.5. The Labute approximate surface area is 405 Å². The highest BCUT2D eigenvalue weighted by atomic mass is 16.7. The SMILES string of the molecule is CC/C=C\C/C=C\C/C=C\C/C=C\C/C=C\CCCCCCCCCCCCCCCCCCCCCC(=O)OC(COC(=O)CCCCCCCC)COC(OCC[N+](C)(C)C)C(=O)[O-]. The van der Waals surface area contributed by atoms with Crippen molar-refractivity contribution in [2.45, 2.75) is 238 Å². The van der Waals surface area contributed by atoms with Crippen LogP contribution in [0, 0.1) is 0 Å². The first kappa shape index (κ1) is 63.0. The summed E-state index contributed by atoms with van der Waals surface area (Å²) in [7, 11) is 5.91. The Morgan fingerprint density at radius 3 is 1.29 bits per heavy atom. The second kappa shape index (κ2) is 48.4. The number of hydrogen-bond donors (Lipinski definition) is 0. The van der Waals surface area contributed by atoms with E-state index in [1.165, 1.54) is 122 Å². The number of esters is 2. The van der Waals surface area contributed by atoms with Gasteiger partial charge in [-0.1, -0.05) is 216 Å². The topological polar surface area (TPSA) is 111 Å². The van der Waals surface area contributed by atoms with Crippen LogP contribution in [-0.4, -0.2) is 82.3 Å². The van der Waals surface area contributed by atoms with Crippen molar-refractivity contribution in [3.05, 3.63) is 60.8 Å². The van der Waals surface area contributed by atoms with E-state index in [-0.39, 0.29) is 32.2 Å². The van der Waals surface area contributed by atoms with Gasteiger partial charge in [0.05, 0.1) is 40.3 Å². The number of nitrogens with zero attached hydrogens (tertiary/aromatic N) is 1. The molecule has 0 aromatic carbocycles. The Morgan fingerprint density at radius 1 is 0.470 bits per heavy atom. The lowest BCUT2D eigenvalue weighted by molar-refractivity contribution is -0.870. The largest absolute Gasteiger partial charge is 0.545 e. The lowest BCUT2D eigenvalue weighted by Gasteiger charge is -2.26. The summed E-state index contributed by atoms with van der Waals surface area (Å²) in [4.78, 5) is 36.8. The molecule has 9 nitrogen and oxygen atoms in total. The molecule has 66 heavy (non-hydrogen) atoms. The number of quaternary nitrogens is 1. The van der Waals surface area contributed by atoms with Crippen molar-refractivity contribution in [2.24, 2.45) is 0 Å². The molecule has 0 amide bonds. The van der Waals surface area contributed by atoms with Gasteiger partial charge in [-0.25, -0.2) is 0 Å². The van der Waals surface area contributed by atoms with Crippen LogP contribution in [0.5, 0.6) is 0 Å². The normalized spacial score (nSPS) is 13.3. The van der Waals surface area contributed by atoms with Crippen molar-refractivity contribution in [3.8, 4) is 0 Å². The Bertz CT molecular complexity index is 1270. The summed E-state index contributed by atoms with van der Waals surface area (Å²) in [6, 6.07) is 0. The summed E-state index contributed by atoms with van der Waals surface area (Å²) < 4.78 is 22.5. The molecule has 2 unspecified atom stereocenters. The van der Waals surface area contributed by atoms with Gasteiger partial charge >= 0.3 is 11.9 Å². The van der Waals surface area contributed by atoms with Crippen molar-refractivity contribution >= 4 is 17.9 Å². The molecule has 2 atom stereocenters. The fraction of sp³-hybridized carbons (Fsp3) is 0.772. The van der Waals surface area contributed by atoms with Crippen LogP contribution in [0.15, 0.2) is 60.8 Å². The number of carbonyl (C=O) groups excluding carboxylic acids is 3. The summed E-state index contributed by atoms with van der Waals surface area (Å²) in [6.45, 7) is 4.57. The molecule has 0 saturated heterocycles. The van der Waals surface area contributed by atoms with E-state index in [0.29, 0.717) is 23.9 Å². The number of carboxylic acids is 1. The molecule has 0 heterocycles. The minimum atomic E-state index is -1.62. The van der Waals surface area contributed by atoms with E-state index in [9.17, 15) is 19.5 Å². The number of ether oxygens (including phenoxy) is 4. The molecule has 0 aliphatic rings. The number of likely N-dealkylation sites (N-methyl/N-ethyl adjacent to an activating group) is 1. The molecule has 0 spiro atoms. The predicted molar refractivity (Wildman–Crippen MR) is 274 cm³/mol. The first-order chi connectivity index (χ1) is 32.1. The van der Waals surface area contributed by atoms with Crippen molar-refractivity contribution in [1.29, 1.82) is 0 Å². The summed E-state index contributed by atoms with van der Waals surface area (Å²) in [5.41, 5.74) is 0. The maximum absolute atomic E-state index is 12.7. The van der Waals surface area contributed by atoms with Crippen LogP contribution in [-0.2, 0) is 33.3 Å². The van der Waals surface area contributed by atoms with Gasteiger partial charge in [0.2, 0.25) is 0 Å². The minimum absolute atomic E-state index is 0.148. The van der Waals surface area contributed by atoms with E-state index < -0.39 is 24.3 Å². The Morgan fingerprint density at radius 2 is 0.864 bits per heavy atom. The smallest absolute Gasteiger partial charge is 0.306 e. The highest BCUT2D eigenvalue weighted by molar-refractivity contribution is 5.70. The Balaban J connectivity index is 3.92. The minimum Gasteiger partial charge on any atom is -0.545 e. The van der Waals surface area contributed by atoms with E-state index in [4.69, 9.17) is 18.9 Å². The molecule has 0 bridgehead atoms. The van der Waals surface area contributed by atoms with Gasteiger partial charge in [-0.05, 0) is 57.8 Å². The van der Waals surface area contributed by atoms with Crippen LogP contribution in [0.4, 0.5) is 0 Å². The van der Waals surface area contributed by atoms with E-state index in [1.807, 2.05) is 21.1 Å². The molecule has 0 radical (unpaired) electrons. The van der Waals surface area contributed by atoms with Crippen molar-refractivity contribution < 1.29 is 42.9 Å². The highest BCUT2D eigenvalue weighted by Crippen LogP contribution is 2.16. The Kier molecular flexibility index (Phi) is 46.2. The molecule has 0 aromatic heterocycles. The molecule has 0 fully saturated rings. The van der Waals surface area contributed by atoms with Crippen molar-refractivity contribution in [2.75, 3.05) is 47.5 Å². The van der Waals surface area contributed by atoms with E-state index in [2.05, 4.69) is 74.6 Å². The molecule has 0 N–H and O–H groups in total. The third kappa shape index (κ3) is 48.9. The van der Waals surface area contributed by atoms with Crippen LogP contribution in [0.1, 0.15) is 226 Å². The zero-order valence-electron chi connectivity index (χ0n) is 43.3. The van der Waals surface area contributed by atoms with Gasteiger partial charge in [0.15, 0.2) is 12.4 Å². The molecule has 0 aliphatic heterocycles. The van der Waals surface area contributed by atoms with Gasteiger partial charge in [-0.2, -0.15) is 0 Å². The molecular formula is C57H101NO8. The number of rotatable bonds is 49. The number of aliphatic carboxylic acids is 1. The second-order valence-corrected chi connectivity index (χ2v) is 19.1. The number of hydrogen-bond acceptors (Lipinski definition) is 8. The first-order valence-corrected chi connectivity index (χ1v) is 26.9. The maximum Gasteiger partial charge on any atom is 0.306 e. The zero-order valence-corrected chi connectivity index (χ0v) is 43.3. The molecule has 382 valence electrons. The van der Waals surface area contributed by atoms with Gasteiger partial charge < -0.3 is 33.3 Å². The predicted octanol–water partition coefficient (Wildman–Crippen LogP) is 14.0. The number of carboxylic acid groups (broad SMARTS) is 1. The summed E-state index contributed by atoms with van der Waals surface area (Å²) in [5, 5.41) is 11.7. The lowest BCUT2D eigenvalue weighted by atomic mass is 10.0. The molecule has 0 saturated carbocycles. The monoisotopic (exact) mass is 928 g/mol. The molecule has 9 heteroatoms. The van der Waals surface area contributed by atoms with Gasteiger partial charge in [0.25, 0.3) is 0 Å². The van der Waals surface area contributed by atoms with Crippen molar-refractivity contribution in [3.63, 3.8) is 0 Å². The van der Waals surface area contributed by atoms with E-state index >= 15 is 0 Å². The van der Waals surface area contributed by atoms with Crippen LogP contribution in [0.3, 0.4) is 0 Å². The average Bonchev–Trinajstić information content (AvgIpc) is 3.28. The molecule has 0 aromatic rings. The van der Waals surface area contributed by atoms with E-state index in [1.54, 1.807) is 0 Å². The highest BCUT2D eigenvalue weighted by Gasteiger charge is 2.22. The maximum atomic E-state index is 12.7. The zero-order chi connectivity index (χ0) is 48.4. The summed E-state index contributed by atoms with van der Waals surface area (Å²) >= 11 is 0. The van der Waals surface area contributed by atoms with Crippen LogP contribution < -0.4 is 5.11 Å². The van der Waals surface area contributed by atoms with Crippen LogP contribution in [0.2, 0.25) is 0 Å². The van der Waals surface area contributed by atoms with Gasteiger partial charge in [0, 0.05) is 12.8 Å². The van der Waals surface area contributed by atoms with Crippen molar-refractivity contribution in [1.82, 2.24) is 0 Å². The quantitative estimate of drug-likeness (QED) is 0.0195. The average molecular weight is 928 g/mol. The molecular weight excluding hydrogens is 827 g/mol. The Hall–Kier alpha value is -3.01. The first-order valence-electron chi connectivity index (χ1n) is 26.9. The summed E-state index contributed by atoms with van der Waals surface area (Å²) in [5.74, 6) is -2.29. The standard InChI is InChI=1S/C57H101NO8/c1-6-8-10-12-14-15-16-17-18-19-20-21-22-23-24-25-26-27-28-29-30-31-32-33-34-35-36-37-38-39-40-41-42-44-46-48-55(60)66-53(51-64-54(59)47-45-43-13-11-9-7-2)52-65-57(56(61)62)63-50-49-58(3,4)5/h8,10,14-15,17-18,20-21,23-24,53,57H,6-7,9,11-13,16,19,22,25-52H2,1-5H3/b10-8-,15-14-,18-17-,21-20-,24-23-. The third-order valence-electron chi connectivity index (χ3n) is 11.5. The number of allylic oxidation sites excluding steroid dienone is 10. The third-order valence-corrected chi connectivity index (χ3v) is 11.5. The molecule has 0 rings (SSSR count). The number of carbonyl (C=O) groups is 3. The van der Waals surface area contributed by atoms with Crippen LogP contribution >= 0.6 is 0 Å². The van der Waals surface area contributed by atoms with Gasteiger partial charge in [-0.3, -0.25) is 9.59 Å². The lowest BCUT2D eigenvalue weighted by Crippen LogP contribution is -2.44. The second-order valence-electron chi connectivity index (χ2n) is 19.1. The molecule has 0 aliphatic carbocycles. The van der Waals surface area contributed by atoms with E-state index in [0.717, 1.165) is 70.6 Å². The number of unbranched alkanes of at least 4 members (excludes halogenated alkanes) is 24. The van der Waals surface area contributed by atoms with Gasteiger partial charge in [0.1, 0.15) is 13.2 Å².